The van der Waals surface area contributed by atoms with Crippen LogP contribution < -0.4 is 0 Å². The fourth-order valence-electron chi connectivity index (χ4n) is 1.94. The summed E-state index contributed by atoms with van der Waals surface area (Å²) in [6.07, 6.45) is 1.33. The van der Waals surface area contributed by atoms with Crippen molar-refractivity contribution in [2.75, 3.05) is 5.75 Å². The van der Waals surface area contributed by atoms with Crippen molar-refractivity contribution in [2.24, 2.45) is 0 Å². The third-order valence-electron chi connectivity index (χ3n) is 3.04. The summed E-state index contributed by atoms with van der Waals surface area (Å²) in [6, 6.07) is 7.02. The molecule has 1 atom stereocenters. The lowest BCUT2D eigenvalue weighted by Gasteiger charge is -2.22. The second kappa shape index (κ2) is 3.98. The highest BCUT2D eigenvalue weighted by atomic mass is 32.2. The lowest BCUT2D eigenvalue weighted by molar-refractivity contribution is 0.710. The van der Waals surface area contributed by atoms with Gasteiger partial charge in [-0.25, -0.2) is 0 Å². The highest BCUT2D eigenvalue weighted by Gasteiger charge is 2.17. The van der Waals surface area contributed by atoms with Crippen LogP contribution in [0.4, 0.5) is 0 Å². The first kappa shape index (κ1) is 10.1. The molecule has 14 heavy (non-hydrogen) atoms. The molecule has 1 unspecified atom stereocenters. The Hall–Kier alpha value is -0.430. The molecule has 2 rings (SSSR count). The molecule has 0 saturated carbocycles. The molecule has 1 aliphatic heterocycles. The van der Waals surface area contributed by atoms with E-state index >= 15 is 0 Å². The highest BCUT2D eigenvalue weighted by Crippen LogP contribution is 2.38. The van der Waals surface area contributed by atoms with Gasteiger partial charge in [-0.3, -0.25) is 0 Å². The Morgan fingerprint density at radius 1 is 1.36 bits per heavy atom. The largest absolute Gasteiger partial charge is 0.126 e. The van der Waals surface area contributed by atoms with Crippen LogP contribution in [-0.4, -0.2) is 5.75 Å². The van der Waals surface area contributed by atoms with E-state index in [0.29, 0.717) is 5.92 Å². The number of rotatable bonds is 1. The third kappa shape index (κ3) is 1.83. The van der Waals surface area contributed by atoms with Gasteiger partial charge in [0, 0.05) is 4.90 Å². The normalized spacial score (nSPS) is 21.0. The molecule has 0 aromatic heterocycles. The van der Waals surface area contributed by atoms with Gasteiger partial charge in [0.1, 0.15) is 0 Å². The van der Waals surface area contributed by atoms with E-state index in [4.69, 9.17) is 0 Å². The second-order valence-electron chi connectivity index (χ2n) is 4.49. The average molecular weight is 206 g/mol. The van der Waals surface area contributed by atoms with Crippen molar-refractivity contribution in [3.8, 4) is 0 Å². The Labute approximate surface area is 91.1 Å². The molecule has 0 N–H and O–H groups in total. The summed E-state index contributed by atoms with van der Waals surface area (Å²) in [5.41, 5.74) is 3.04. The molecule has 0 radical (unpaired) electrons. The zero-order chi connectivity index (χ0) is 10.1. The van der Waals surface area contributed by atoms with Crippen molar-refractivity contribution in [2.45, 2.75) is 43.9 Å². The van der Waals surface area contributed by atoms with Gasteiger partial charge in [0.2, 0.25) is 0 Å². The van der Waals surface area contributed by atoms with Gasteiger partial charge in [-0.05, 0) is 41.2 Å². The van der Waals surface area contributed by atoms with Crippen molar-refractivity contribution in [3.05, 3.63) is 29.3 Å². The van der Waals surface area contributed by atoms with Crippen LogP contribution in [0.25, 0.3) is 0 Å². The topological polar surface area (TPSA) is 0 Å². The van der Waals surface area contributed by atoms with Crippen molar-refractivity contribution in [3.63, 3.8) is 0 Å². The Morgan fingerprint density at radius 3 is 2.86 bits per heavy atom. The molecule has 0 amide bonds. The van der Waals surface area contributed by atoms with E-state index < -0.39 is 0 Å². The monoisotopic (exact) mass is 206 g/mol. The van der Waals surface area contributed by atoms with E-state index in [1.807, 2.05) is 11.8 Å². The fourth-order valence-corrected chi connectivity index (χ4v) is 3.29. The minimum absolute atomic E-state index is 0.651. The van der Waals surface area contributed by atoms with Gasteiger partial charge in [-0.2, -0.15) is 0 Å². The predicted octanol–water partition coefficient (Wildman–Crippen LogP) is 4.41. The van der Waals surface area contributed by atoms with Gasteiger partial charge in [-0.15, -0.1) is 11.8 Å². The molecule has 0 aliphatic carbocycles. The fraction of sp³-hybridized carbons (Fsp3) is 0.538. The molecule has 0 nitrogen and oxygen atoms in total. The molecule has 1 heteroatoms. The van der Waals surface area contributed by atoms with Crippen LogP contribution in [0, 0.1) is 0 Å². The summed E-state index contributed by atoms with van der Waals surface area (Å²) in [6.45, 7) is 6.87. The van der Waals surface area contributed by atoms with Crippen molar-refractivity contribution < 1.29 is 0 Å². The van der Waals surface area contributed by atoms with E-state index in [9.17, 15) is 0 Å². The average Bonchev–Trinajstić information content (AvgIpc) is 2.17. The maximum Gasteiger partial charge on any atom is 0.0110 e. The van der Waals surface area contributed by atoms with Gasteiger partial charge >= 0.3 is 0 Å². The standard InChI is InChI=1S/C13H18S/c1-9(2)11-4-5-12-10(3)6-7-14-13(12)8-11/h4-5,8-10H,6-7H2,1-3H3. The molecule has 76 valence electrons. The van der Waals surface area contributed by atoms with Crippen LogP contribution in [0.5, 0.6) is 0 Å². The van der Waals surface area contributed by atoms with Gasteiger partial charge in [0.15, 0.2) is 0 Å². The molecule has 0 saturated heterocycles. The van der Waals surface area contributed by atoms with E-state index in [-0.39, 0.29) is 0 Å². The summed E-state index contributed by atoms with van der Waals surface area (Å²) >= 11 is 2.02. The van der Waals surface area contributed by atoms with Crippen molar-refractivity contribution in [1.82, 2.24) is 0 Å². The maximum atomic E-state index is 2.39. The summed E-state index contributed by atoms with van der Waals surface area (Å²) in [7, 11) is 0. The van der Waals surface area contributed by atoms with Crippen LogP contribution in [-0.2, 0) is 0 Å². The zero-order valence-electron chi connectivity index (χ0n) is 9.21. The Morgan fingerprint density at radius 2 is 2.14 bits per heavy atom. The van der Waals surface area contributed by atoms with E-state index in [2.05, 4.69) is 39.0 Å². The molecule has 1 heterocycles. The van der Waals surface area contributed by atoms with Crippen LogP contribution >= 0.6 is 11.8 Å². The number of fused-ring (bicyclic) bond motifs is 1. The van der Waals surface area contributed by atoms with Crippen LogP contribution in [0.2, 0.25) is 0 Å². The van der Waals surface area contributed by atoms with E-state index in [1.165, 1.54) is 22.6 Å². The Bertz CT molecular complexity index is 328. The van der Waals surface area contributed by atoms with Gasteiger partial charge in [0.25, 0.3) is 0 Å². The molecule has 1 aromatic carbocycles. The second-order valence-corrected chi connectivity index (χ2v) is 5.63. The first-order valence-corrected chi connectivity index (χ1v) is 6.43. The Kier molecular flexibility index (Phi) is 2.87. The number of benzene rings is 1. The summed E-state index contributed by atoms with van der Waals surface area (Å²) in [5, 5.41) is 0. The first-order valence-electron chi connectivity index (χ1n) is 5.45. The van der Waals surface area contributed by atoms with Gasteiger partial charge in [-0.1, -0.05) is 32.9 Å². The predicted molar refractivity (Wildman–Crippen MR) is 64.3 cm³/mol. The summed E-state index contributed by atoms with van der Waals surface area (Å²) in [4.78, 5) is 1.52. The van der Waals surface area contributed by atoms with E-state index in [1.54, 1.807) is 5.56 Å². The number of hydrogen-bond donors (Lipinski definition) is 0. The first-order chi connectivity index (χ1) is 6.68. The molecule has 0 bridgehead atoms. The van der Waals surface area contributed by atoms with Crippen LogP contribution in [0.15, 0.2) is 23.1 Å². The smallest absolute Gasteiger partial charge is 0.0110 e. The summed E-state index contributed by atoms with van der Waals surface area (Å²) in [5.74, 6) is 2.70. The van der Waals surface area contributed by atoms with Crippen molar-refractivity contribution in [1.29, 1.82) is 0 Å². The Balaban J connectivity index is 2.39. The lowest BCUT2D eigenvalue weighted by atomic mass is 9.94. The molecule has 0 spiro atoms. The van der Waals surface area contributed by atoms with Gasteiger partial charge in [0.05, 0.1) is 0 Å². The lowest BCUT2D eigenvalue weighted by Crippen LogP contribution is -2.04. The zero-order valence-corrected chi connectivity index (χ0v) is 10.0. The molecule has 1 aliphatic rings. The minimum atomic E-state index is 0.651. The van der Waals surface area contributed by atoms with E-state index in [0.717, 1.165) is 5.92 Å². The third-order valence-corrected chi connectivity index (χ3v) is 4.15. The molecular weight excluding hydrogens is 188 g/mol. The molecule has 1 aromatic rings. The molecular formula is C13H18S. The quantitative estimate of drug-likeness (QED) is 0.656. The maximum absolute atomic E-state index is 2.39. The van der Waals surface area contributed by atoms with Crippen LogP contribution in [0.1, 0.15) is 50.2 Å². The highest BCUT2D eigenvalue weighted by molar-refractivity contribution is 7.99. The number of hydrogen-bond acceptors (Lipinski definition) is 1. The molecule has 0 fully saturated rings. The number of thioether (sulfide) groups is 1. The van der Waals surface area contributed by atoms with Gasteiger partial charge < -0.3 is 0 Å². The minimum Gasteiger partial charge on any atom is -0.126 e. The SMILES string of the molecule is CC(C)c1ccc2c(c1)SCCC2C. The van der Waals surface area contributed by atoms with Crippen LogP contribution in [0.3, 0.4) is 0 Å². The summed E-state index contributed by atoms with van der Waals surface area (Å²) < 4.78 is 0. The van der Waals surface area contributed by atoms with Crippen molar-refractivity contribution >= 4 is 11.8 Å².